The first-order valence-corrected chi connectivity index (χ1v) is 9.21. The van der Waals surface area contributed by atoms with Gasteiger partial charge in [-0.1, -0.05) is 0 Å². The smallest absolute Gasteiger partial charge is 0.134 e. The van der Waals surface area contributed by atoms with Gasteiger partial charge in [-0.05, 0) is 38.4 Å². The molecule has 0 radical (unpaired) electrons. The van der Waals surface area contributed by atoms with Crippen molar-refractivity contribution in [1.82, 2.24) is 24.9 Å². The summed E-state index contributed by atoms with van der Waals surface area (Å²) in [5.41, 5.74) is 4.31. The molecule has 0 bridgehead atoms. The van der Waals surface area contributed by atoms with Crippen LogP contribution in [-0.4, -0.2) is 38.0 Å². The van der Waals surface area contributed by atoms with Crippen molar-refractivity contribution in [3.05, 3.63) is 59.2 Å². The van der Waals surface area contributed by atoms with Crippen molar-refractivity contribution in [2.75, 3.05) is 13.1 Å². The summed E-state index contributed by atoms with van der Waals surface area (Å²) < 4.78 is 29.4. The second-order valence-electron chi connectivity index (χ2n) is 7.31. The largest absolute Gasteiger partial charge is 0.298 e. The third-order valence-electron chi connectivity index (χ3n) is 5.31. The van der Waals surface area contributed by atoms with Crippen LogP contribution in [0.4, 0.5) is 8.78 Å². The van der Waals surface area contributed by atoms with Crippen LogP contribution >= 0.6 is 0 Å². The highest BCUT2D eigenvalue weighted by molar-refractivity contribution is 5.66. The molecule has 0 aliphatic carbocycles. The minimum Gasteiger partial charge on any atom is -0.298 e. The monoisotopic (exact) mass is 371 g/mol. The zero-order valence-corrected chi connectivity index (χ0v) is 15.5. The Morgan fingerprint density at radius 2 is 2.11 bits per heavy atom. The van der Waals surface area contributed by atoms with Gasteiger partial charge in [0.25, 0.3) is 0 Å². The lowest BCUT2D eigenvalue weighted by atomic mass is 9.90. The van der Waals surface area contributed by atoms with Gasteiger partial charge in [-0.25, -0.2) is 8.78 Å². The summed E-state index contributed by atoms with van der Waals surface area (Å²) in [5, 5.41) is 11.6. The van der Waals surface area contributed by atoms with Gasteiger partial charge in [0.05, 0.1) is 11.9 Å². The van der Waals surface area contributed by atoms with Gasteiger partial charge in [-0.3, -0.25) is 14.7 Å². The number of aromatic nitrogens is 4. The lowest BCUT2D eigenvalue weighted by molar-refractivity contribution is 0.198. The molecule has 1 aromatic carbocycles. The van der Waals surface area contributed by atoms with Crippen molar-refractivity contribution in [2.24, 2.45) is 7.05 Å². The average Bonchev–Trinajstić information content (AvgIpc) is 3.22. The predicted molar refractivity (Wildman–Crippen MR) is 99.1 cm³/mol. The molecule has 7 heteroatoms. The van der Waals surface area contributed by atoms with Gasteiger partial charge in [0.1, 0.15) is 11.6 Å². The van der Waals surface area contributed by atoms with Crippen LogP contribution < -0.4 is 0 Å². The van der Waals surface area contributed by atoms with E-state index in [1.165, 1.54) is 17.7 Å². The minimum atomic E-state index is -0.572. The Bertz CT molecular complexity index is 946. The first kappa shape index (κ1) is 17.9. The lowest BCUT2D eigenvalue weighted by Crippen LogP contribution is -2.34. The van der Waals surface area contributed by atoms with Gasteiger partial charge in [0, 0.05) is 60.7 Å². The molecule has 1 aliphatic heterocycles. The molecule has 4 rings (SSSR count). The van der Waals surface area contributed by atoms with Crippen molar-refractivity contribution in [3.63, 3.8) is 0 Å². The Hall–Kier alpha value is -2.54. The molecule has 5 nitrogen and oxygen atoms in total. The molecular weight excluding hydrogens is 348 g/mol. The zero-order chi connectivity index (χ0) is 19.0. The molecule has 1 atom stereocenters. The number of nitrogens with zero attached hydrogens (tertiary/aromatic N) is 4. The highest BCUT2D eigenvalue weighted by Crippen LogP contribution is 2.34. The molecule has 1 aliphatic rings. The van der Waals surface area contributed by atoms with Crippen LogP contribution in [0.3, 0.4) is 0 Å². The van der Waals surface area contributed by atoms with Crippen LogP contribution in [0.1, 0.15) is 35.7 Å². The SMILES string of the molecule is Cc1nn(C)cc1CN1CCCC(c2[nH]ncc2-c2ccc(F)cc2F)C1. The van der Waals surface area contributed by atoms with Crippen LogP contribution in [-0.2, 0) is 13.6 Å². The second-order valence-corrected chi connectivity index (χ2v) is 7.31. The van der Waals surface area contributed by atoms with E-state index in [1.54, 1.807) is 6.20 Å². The number of benzene rings is 1. The summed E-state index contributed by atoms with van der Waals surface area (Å²) in [6, 6.07) is 3.69. The number of hydrogen-bond acceptors (Lipinski definition) is 3. The van der Waals surface area contributed by atoms with Crippen LogP contribution in [0.15, 0.2) is 30.6 Å². The fourth-order valence-electron chi connectivity index (χ4n) is 4.01. The molecule has 1 N–H and O–H groups in total. The van der Waals surface area contributed by atoms with E-state index in [4.69, 9.17) is 0 Å². The number of piperidine rings is 1. The van der Waals surface area contributed by atoms with E-state index in [9.17, 15) is 8.78 Å². The summed E-state index contributed by atoms with van der Waals surface area (Å²) >= 11 is 0. The van der Waals surface area contributed by atoms with Crippen LogP contribution in [0.2, 0.25) is 0 Å². The summed E-state index contributed by atoms with van der Waals surface area (Å²) in [5.74, 6) is -0.897. The third-order valence-corrected chi connectivity index (χ3v) is 5.31. The second kappa shape index (κ2) is 7.23. The van der Waals surface area contributed by atoms with E-state index < -0.39 is 11.6 Å². The fourth-order valence-corrected chi connectivity index (χ4v) is 4.01. The van der Waals surface area contributed by atoms with Gasteiger partial charge in [0.2, 0.25) is 0 Å². The lowest BCUT2D eigenvalue weighted by Gasteiger charge is -2.32. The van der Waals surface area contributed by atoms with Gasteiger partial charge < -0.3 is 0 Å². The number of aromatic amines is 1. The van der Waals surface area contributed by atoms with Crippen LogP contribution in [0.25, 0.3) is 11.1 Å². The van der Waals surface area contributed by atoms with Gasteiger partial charge in [0.15, 0.2) is 0 Å². The topological polar surface area (TPSA) is 49.7 Å². The minimum absolute atomic E-state index is 0.234. The maximum absolute atomic E-state index is 14.3. The van der Waals surface area contributed by atoms with Crippen LogP contribution in [0.5, 0.6) is 0 Å². The van der Waals surface area contributed by atoms with Gasteiger partial charge in [-0.15, -0.1) is 0 Å². The number of rotatable bonds is 4. The molecule has 0 amide bonds. The summed E-state index contributed by atoms with van der Waals surface area (Å²) in [7, 11) is 1.93. The molecule has 3 aromatic rings. The van der Waals surface area contributed by atoms with E-state index in [0.29, 0.717) is 5.56 Å². The van der Waals surface area contributed by atoms with Crippen molar-refractivity contribution in [3.8, 4) is 11.1 Å². The molecule has 1 unspecified atom stereocenters. The van der Waals surface area contributed by atoms with E-state index >= 15 is 0 Å². The van der Waals surface area contributed by atoms with E-state index in [1.807, 2.05) is 18.7 Å². The van der Waals surface area contributed by atoms with Gasteiger partial charge in [-0.2, -0.15) is 10.2 Å². The highest BCUT2D eigenvalue weighted by Gasteiger charge is 2.26. The first-order valence-electron chi connectivity index (χ1n) is 9.21. The molecule has 1 fully saturated rings. The molecule has 142 valence electrons. The van der Waals surface area contributed by atoms with E-state index in [0.717, 1.165) is 55.5 Å². The Labute approximate surface area is 157 Å². The molecule has 0 spiro atoms. The van der Waals surface area contributed by atoms with Crippen molar-refractivity contribution in [2.45, 2.75) is 32.2 Å². The number of halogens is 2. The van der Waals surface area contributed by atoms with Gasteiger partial charge >= 0.3 is 0 Å². The molecule has 27 heavy (non-hydrogen) atoms. The molecule has 2 aromatic heterocycles. The normalized spacial score (nSPS) is 18.1. The Balaban J connectivity index is 1.55. The van der Waals surface area contributed by atoms with E-state index in [-0.39, 0.29) is 5.92 Å². The average molecular weight is 371 g/mol. The predicted octanol–water partition coefficient (Wildman–Crippen LogP) is 3.78. The summed E-state index contributed by atoms with van der Waals surface area (Å²) in [6.07, 6.45) is 5.78. The molecular formula is C20H23F2N5. The van der Waals surface area contributed by atoms with Crippen molar-refractivity contribution < 1.29 is 8.78 Å². The maximum atomic E-state index is 14.3. The maximum Gasteiger partial charge on any atom is 0.134 e. The standard InChI is InChI=1S/C20H23F2N5/c1-13-15(10-26(2)25-13)12-27-7-3-4-14(11-27)20-18(9-23-24-20)17-6-5-16(21)8-19(17)22/h5-6,8-10,14H,3-4,7,11-12H2,1-2H3,(H,23,24). The first-order chi connectivity index (χ1) is 13.0. The number of nitrogens with one attached hydrogen (secondary N) is 1. The molecule has 0 saturated carbocycles. The number of hydrogen-bond donors (Lipinski definition) is 1. The highest BCUT2D eigenvalue weighted by atomic mass is 19.1. The Kier molecular flexibility index (Phi) is 4.78. The number of likely N-dealkylation sites (tertiary alicyclic amines) is 1. The Morgan fingerprint density at radius 1 is 1.26 bits per heavy atom. The quantitative estimate of drug-likeness (QED) is 0.759. The molecule has 1 saturated heterocycles. The van der Waals surface area contributed by atoms with Crippen molar-refractivity contribution in [1.29, 1.82) is 0 Å². The summed E-state index contributed by atoms with van der Waals surface area (Å²) in [6.45, 7) is 4.77. The number of aryl methyl sites for hydroxylation is 2. The number of H-pyrrole nitrogens is 1. The third kappa shape index (κ3) is 3.64. The summed E-state index contributed by atoms with van der Waals surface area (Å²) in [4.78, 5) is 2.41. The zero-order valence-electron chi connectivity index (χ0n) is 15.5. The Morgan fingerprint density at radius 3 is 2.85 bits per heavy atom. The van der Waals surface area contributed by atoms with E-state index in [2.05, 4.69) is 26.4 Å². The molecule has 3 heterocycles. The fraction of sp³-hybridized carbons (Fsp3) is 0.400. The van der Waals surface area contributed by atoms with Crippen molar-refractivity contribution >= 4 is 0 Å². The van der Waals surface area contributed by atoms with Crippen LogP contribution in [0, 0.1) is 18.6 Å².